The van der Waals surface area contributed by atoms with E-state index in [2.05, 4.69) is 4.98 Å². The quantitative estimate of drug-likeness (QED) is 0.825. The Morgan fingerprint density at radius 2 is 1.77 bits per heavy atom. The first-order valence-electron chi connectivity index (χ1n) is 7.91. The molecule has 1 aromatic heterocycles. The lowest BCUT2D eigenvalue weighted by atomic mass is 10.1. The zero-order valence-electron chi connectivity index (χ0n) is 14.3. The van der Waals surface area contributed by atoms with Crippen LogP contribution in [0.5, 0.6) is 0 Å². The Morgan fingerprint density at radius 3 is 2.31 bits per heavy atom. The summed E-state index contributed by atoms with van der Waals surface area (Å²) < 4.78 is 38.1. The van der Waals surface area contributed by atoms with E-state index >= 15 is 0 Å². The summed E-state index contributed by atoms with van der Waals surface area (Å²) in [6.07, 6.45) is -3.89. The van der Waals surface area contributed by atoms with E-state index in [0.717, 1.165) is 11.6 Å². The Morgan fingerprint density at radius 1 is 1.12 bits per heavy atom. The molecule has 0 saturated carbocycles. The van der Waals surface area contributed by atoms with Crippen LogP contribution in [0.1, 0.15) is 27.3 Å². The second kappa shape index (κ2) is 9.54. The number of carbonyl (C=O) groups excluding carboxylic acids is 1. The van der Waals surface area contributed by atoms with E-state index in [4.69, 9.17) is 5.73 Å². The second-order valence-corrected chi connectivity index (χ2v) is 5.64. The monoisotopic (exact) mass is 387 g/mol. The molecule has 0 atom stereocenters. The number of rotatable bonds is 6. The van der Waals surface area contributed by atoms with Gasteiger partial charge in [-0.05, 0) is 31.0 Å². The van der Waals surface area contributed by atoms with Crippen LogP contribution in [0.15, 0.2) is 42.5 Å². The molecule has 4 nitrogen and oxygen atoms in total. The largest absolute Gasteiger partial charge is 0.433 e. The first kappa shape index (κ1) is 21.9. The zero-order chi connectivity index (χ0) is 18.4. The highest BCUT2D eigenvalue weighted by Crippen LogP contribution is 2.28. The van der Waals surface area contributed by atoms with Crippen LogP contribution >= 0.6 is 12.4 Å². The number of alkyl halides is 3. The van der Waals surface area contributed by atoms with Gasteiger partial charge in [0.05, 0.1) is 11.3 Å². The maximum absolute atomic E-state index is 12.7. The Hall–Kier alpha value is -2.12. The van der Waals surface area contributed by atoms with E-state index in [9.17, 15) is 18.0 Å². The number of aromatic nitrogens is 1. The maximum atomic E-state index is 12.7. The lowest BCUT2D eigenvalue weighted by Crippen LogP contribution is -2.37. The fourth-order valence-corrected chi connectivity index (χ4v) is 2.49. The Balaban J connectivity index is 0.00000338. The molecule has 0 aliphatic rings. The number of hydrogen-bond donors (Lipinski definition) is 1. The van der Waals surface area contributed by atoms with Crippen molar-refractivity contribution in [2.75, 3.05) is 19.6 Å². The smallest absolute Gasteiger partial charge is 0.337 e. The summed E-state index contributed by atoms with van der Waals surface area (Å²) >= 11 is 0. The molecule has 1 amide bonds. The highest BCUT2D eigenvalue weighted by Gasteiger charge is 2.33. The van der Waals surface area contributed by atoms with Crippen molar-refractivity contribution in [1.29, 1.82) is 0 Å². The number of benzene rings is 1. The van der Waals surface area contributed by atoms with E-state index in [1.165, 1.54) is 13.0 Å². The fourth-order valence-electron chi connectivity index (χ4n) is 2.49. The van der Waals surface area contributed by atoms with E-state index in [1.54, 1.807) is 4.90 Å². The fraction of sp³-hybridized carbons (Fsp3) is 0.333. The molecule has 0 bridgehead atoms. The van der Waals surface area contributed by atoms with Crippen LogP contribution in [0.2, 0.25) is 0 Å². The van der Waals surface area contributed by atoms with Crippen molar-refractivity contribution >= 4 is 18.3 Å². The molecule has 0 fully saturated rings. The van der Waals surface area contributed by atoms with Crippen molar-refractivity contribution in [3.05, 3.63) is 65.0 Å². The van der Waals surface area contributed by atoms with Gasteiger partial charge in [0.25, 0.3) is 5.91 Å². The third-order valence-electron chi connectivity index (χ3n) is 3.81. The summed E-state index contributed by atoms with van der Waals surface area (Å²) in [5.41, 5.74) is 5.86. The highest BCUT2D eigenvalue weighted by atomic mass is 35.5. The number of aryl methyl sites for hydroxylation is 1. The summed E-state index contributed by atoms with van der Waals surface area (Å²) in [5.74, 6) is -0.361. The average Bonchev–Trinajstić information content (AvgIpc) is 2.58. The Kier molecular flexibility index (Phi) is 8.05. The van der Waals surface area contributed by atoms with Crippen molar-refractivity contribution in [1.82, 2.24) is 9.88 Å². The van der Waals surface area contributed by atoms with Gasteiger partial charge in [-0.1, -0.05) is 30.3 Å². The van der Waals surface area contributed by atoms with Gasteiger partial charge in [0, 0.05) is 19.6 Å². The SMILES string of the molecule is Cc1nc(C(F)(F)F)ccc1C(=O)N(CCN)CCc1ccccc1.Cl. The molecule has 0 aliphatic carbocycles. The molecule has 8 heteroatoms. The minimum absolute atomic E-state index is 0. The molecule has 0 saturated heterocycles. The van der Waals surface area contributed by atoms with E-state index < -0.39 is 11.9 Å². The third-order valence-corrected chi connectivity index (χ3v) is 3.81. The first-order valence-corrected chi connectivity index (χ1v) is 7.91. The van der Waals surface area contributed by atoms with E-state index in [-0.39, 0.29) is 36.1 Å². The van der Waals surface area contributed by atoms with E-state index in [0.29, 0.717) is 19.5 Å². The average molecular weight is 388 g/mol. The molecule has 1 aromatic carbocycles. The minimum Gasteiger partial charge on any atom is -0.337 e. The van der Waals surface area contributed by atoms with Crippen molar-refractivity contribution < 1.29 is 18.0 Å². The van der Waals surface area contributed by atoms with Crippen LogP contribution < -0.4 is 5.73 Å². The van der Waals surface area contributed by atoms with Gasteiger partial charge in [-0.15, -0.1) is 12.4 Å². The molecular formula is C18H21ClF3N3O. The molecule has 0 spiro atoms. The van der Waals surface area contributed by atoms with Crippen LogP contribution in [-0.2, 0) is 12.6 Å². The third kappa shape index (κ3) is 5.71. The lowest BCUT2D eigenvalue weighted by Gasteiger charge is -2.23. The van der Waals surface area contributed by atoms with Crippen molar-refractivity contribution in [2.24, 2.45) is 5.73 Å². The van der Waals surface area contributed by atoms with Gasteiger partial charge in [-0.3, -0.25) is 4.79 Å². The normalized spacial score (nSPS) is 11.0. The van der Waals surface area contributed by atoms with Crippen molar-refractivity contribution in [3.8, 4) is 0 Å². The predicted molar refractivity (Wildman–Crippen MR) is 96.3 cm³/mol. The van der Waals surface area contributed by atoms with Gasteiger partial charge in [-0.25, -0.2) is 4.98 Å². The number of nitrogens with zero attached hydrogens (tertiary/aromatic N) is 2. The molecule has 26 heavy (non-hydrogen) atoms. The van der Waals surface area contributed by atoms with Crippen LogP contribution in [0.4, 0.5) is 13.2 Å². The van der Waals surface area contributed by atoms with Crippen LogP contribution in [0.3, 0.4) is 0 Å². The molecule has 1 heterocycles. The van der Waals surface area contributed by atoms with Gasteiger partial charge in [0.15, 0.2) is 0 Å². The molecule has 0 radical (unpaired) electrons. The number of nitrogens with two attached hydrogens (primary N) is 1. The van der Waals surface area contributed by atoms with Crippen molar-refractivity contribution in [2.45, 2.75) is 19.5 Å². The van der Waals surface area contributed by atoms with Gasteiger partial charge < -0.3 is 10.6 Å². The molecule has 142 valence electrons. The van der Waals surface area contributed by atoms with Crippen molar-refractivity contribution in [3.63, 3.8) is 0 Å². The van der Waals surface area contributed by atoms with Gasteiger partial charge in [-0.2, -0.15) is 13.2 Å². The van der Waals surface area contributed by atoms with E-state index in [1.807, 2.05) is 30.3 Å². The number of amides is 1. The minimum atomic E-state index is -4.53. The van der Waals surface area contributed by atoms with Gasteiger partial charge >= 0.3 is 6.18 Å². The van der Waals surface area contributed by atoms with Crippen LogP contribution in [0, 0.1) is 6.92 Å². The van der Waals surface area contributed by atoms with Gasteiger partial charge in [0.1, 0.15) is 5.69 Å². The Bertz CT molecular complexity index is 723. The molecule has 2 aromatic rings. The van der Waals surface area contributed by atoms with Crippen LogP contribution in [-0.4, -0.2) is 35.4 Å². The number of carbonyl (C=O) groups is 1. The summed E-state index contributed by atoms with van der Waals surface area (Å²) in [4.78, 5) is 17.8. The topological polar surface area (TPSA) is 59.2 Å². The summed E-state index contributed by atoms with van der Waals surface area (Å²) in [6, 6.07) is 11.6. The lowest BCUT2D eigenvalue weighted by molar-refractivity contribution is -0.141. The standard InChI is InChI=1S/C18H20F3N3O.ClH/c1-13-15(7-8-16(23-13)18(19,20)21)17(25)24(12-10-22)11-9-14-5-3-2-4-6-14;/h2-8H,9-12,22H2,1H3;1H. The molecule has 2 N–H and O–H groups in total. The van der Waals surface area contributed by atoms with Crippen LogP contribution in [0.25, 0.3) is 0 Å². The highest BCUT2D eigenvalue weighted by molar-refractivity contribution is 5.95. The number of halogens is 4. The zero-order valence-corrected chi connectivity index (χ0v) is 15.1. The summed E-state index contributed by atoms with van der Waals surface area (Å²) in [6.45, 7) is 2.43. The summed E-state index contributed by atoms with van der Waals surface area (Å²) in [7, 11) is 0. The van der Waals surface area contributed by atoms with Gasteiger partial charge in [0.2, 0.25) is 0 Å². The Labute approximate surface area is 156 Å². The molecule has 0 unspecified atom stereocenters. The number of pyridine rings is 1. The molecular weight excluding hydrogens is 367 g/mol. The maximum Gasteiger partial charge on any atom is 0.433 e. The first-order chi connectivity index (χ1) is 11.8. The molecule has 0 aliphatic heterocycles. The predicted octanol–water partition coefficient (Wildman–Crippen LogP) is 3.47. The molecule has 2 rings (SSSR count). The number of hydrogen-bond acceptors (Lipinski definition) is 3. The summed E-state index contributed by atoms with van der Waals surface area (Å²) in [5, 5.41) is 0. The second-order valence-electron chi connectivity index (χ2n) is 5.64.